The molecule has 0 amide bonds. The first-order valence-corrected chi connectivity index (χ1v) is 9.76. The van der Waals surface area contributed by atoms with Crippen molar-refractivity contribution in [3.05, 3.63) is 53.6 Å². The molecule has 3 N–H and O–H groups in total. The summed E-state index contributed by atoms with van der Waals surface area (Å²) in [5.74, 6) is -0.0688. The third-order valence-electron chi connectivity index (χ3n) is 4.96. The number of anilines is 2. The van der Waals surface area contributed by atoms with Crippen molar-refractivity contribution < 1.29 is 14.6 Å². The van der Waals surface area contributed by atoms with E-state index in [2.05, 4.69) is 10.6 Å². The van der Waals surface area contributed by atoms with Gasteiger partial charge in [0.2, 0.25) is 0 Å². The molecule has 144 valence electrons. The minimum atomic E-state index is -0.327. The molecular weight excluding hydrogens is 340 g/mol. The monoisotopic (exact) mass is 368 g/mol. The first-order chi connectivity index (χ1) is 13.2. The Labute approximate surface area is 160 Å². The Kier molecular flexibility index (Phi) is 6.58. The molecule has 0 spiro atoms. The van der Waals surface area contributed by atoms with E-state index < -0.39 is 0 Å². The van der Waals surface area contributed by atoms with Crippen LogP contribution >= 0.6 is 0 Å². The van der Waals surface area contributed by atoms with Gasteiger partial charge in [-0.25, -0.2) is 4.79 Å². The largest absolute Gasteiger partial charge is 0.508 e. The van der Waals surface area contributed by atoms with Gasteiger partial charge in [-0.05, 0) is 44.0 Å². The predicted molar refractivity (Wildman–Crippen MR) is 108 cm³/mol. The van der Waals surface area contributed by atoms with Gasteiger partial charge in [-0.3, -0.25) is 0 Å². The smallest absolute Gasteiger partial charge is 0.338 e. The van der Waals surface area contributed by atoms with Crippen molar-refractivity contribution in [1.29, 1.82) is 0 Å². The van der Waals surface area contributed by atoms with Crippen molar-refractivity contribution >= 4 is 17.3 Å². The molecule has 0 bridgehead atoms. The second kappa shape index (κ2) is 9.31. The van der Waals surface area contributed by atoms with Crippen LogP contribution in [0.3, 0.4) is 0 Å². The molecule has 0 heterocycles. The Bertz CT molecular complexity index is 770. The summed E-state index contributed by atoms with van der Waals surface area (Å²) in [6.07, 6.45) is 6.13. The Morgan fingerprint density at radius 2 is 1.89 bits per heavy atom. The fourth-order valence-corrected chi connectivity index (χ4v) is 3.48. The minimum absolute atomic E-state index is 0.258. The van der Waals surface area contributed by atoms with Gasteiger partial charge in [0.05, 0.1) is 23.5 Å². The molecule has 3 rings (SSSR count). The minimum Gasteiger partial charge on any atom is -0.508 e. The van der Waals surface area contributed by atoms with Crippen LogP contribution in [0, 0.1) is 0 Å². The van der Waals surface area contributed by atoms with Gasteiger partial charge < -0.3 is 20.5 Å². The molecule has 1 aliphatic carbocycles. The Morgan fingerprint density at radius 1 is 1.11 bits per heavy atom. The number of aromatic hydroxyl groups is 1. The number of hydrogen-bond acceptors (Lipinski definition) is 5. The van der Waals surface area contributed by atoms with Crippen LogP contribution in [0.2, 0.25) is 0 Å². The SMILES string of the molecule is CCOC(=O)c1ccc(NC2CCCCC2)c(NCc2ccccc2O)c1. The fourth-order valence-electron chi connectivity index (χ4n) is 3.48. The fraction of sp³-hybridized carbons (Fsp3) is 0.409. The third-order valence-corrected chi connectivity index (χ3v) is 4.96. The summed E-state index contributed by atoms with van der Waals surface area (Å²) in [6.45, 7) is 2.62. The number of carbonyl (C=O) groups is 1. The quantitative estimate of drug-likeness (QED) is 0.605. The van der Waals surface area contributed by atoms with Gasteiger partial charge in [-0.2, -0.15) is 0 Å². The molecule has 0 saturated heterocycles. The summed E-state index contributed by atoms with van der Waals surface area (Å²) >= 11 is 0. The van der Waals surface area contributed by atoms with Crippen LogP contribution in [0.5, 0.6) is 5.75 Å². The van der Waals surface area contributed by atoms with Crippen molar-refractivity contribution in [3.8, 4) is 5.75 Å². The average molecular weight is 368 g/mol. The van der Waals surface area contributed by atoms with Gasteiger partial charge in [0.15, 0.2) is 0 Å². The molecule has 27 heavy (non-hydrogen) atoms. The highest BCUT2D eigenvalue weighted by atomic mass is 16.5. The van der Waals surface area contributed by atoms with Gasteiger partial charge in [-0.15, -0.1) is 0 Å². The highest BCUT2D eigenvalue weighted by Gasteiger charge is 2.16. The highest BCUT2D eigenvalue weighted by molar-refractivity contribution is 5.92. The van der Waals surface area contributed by atoms with E-state index in [1.807, 2.05) is 24.3 Å². The van der Waals surface area contributed by atoms with Crippen LogP contribution in [-0.4, -0.2) is 23.7 Å². The van der Waals surface area contributed by atoms with Crippen molar-refractivity contribution in [2.45, 2.75) is 51.6 Å². The molecule has 1 aliphatic rings. The van der Waals surface area contributed by atoms with Crippen LogP contribution in [0.4, 0.5) is 11.4 Å². The number of carbonyl (C=O) groups excluding carboxylic acids is 1. The molecule has 2 aromatic rings. The predicted octanol–water partition coefficient (Wildman–Crippen LogP) is 4.93. The second-order valence-electron chi connectivity index (χ2n) is 6.94. The number of esters is 1. The average Bonchev–Trinajstić information content (AvgIpc) is 2.69. The lowest BCUT2D eigenvalue weighted by molar-refractivity contribution is 0.0526. The van der Waals surface area contributed by atoms with Gasteiger partial charge in [0.25, 0.3) is 0 Å². The van der Waals surface area contributed by atoms with Crippen LogP contribution in [-0.2, 0) is 11.3 Å². The maximum Gasteiger partial charge on any atom is 0.338 e. The number of phenols is 1. The summed E-state index contributed by atoms with van der Waals surface area (Å²) in [5, 5.41) is 17.0. The normalized spacial score (nSPS) is 14.6. The lowest BCUT2D eigenvalue weighted by atomic mass is 9.95. The first kappa shape index (κ1) is 19.1. The maximum absolute atomic E-state index is 12.1. The number of nitrogens with one attached hydrogen (secondary N) is 2. The Balaban J connectivity index is 1.80. The molecule has 2 aromatic carbocycles. The zero-order valence-corrected chi connectivity index (χ0v) is 15.8. The zero-order chi connectivity index (χ0) is 19.1. The van der Waals surface area contributed by atoms with Crippen molar-refractivity contribution in [2.24, 2.45) is 0 Å². The van der Waals surface area contributed by atoms with E-state index in [1.54, 1.807) is 25.1 Å². The van der Waals surface area contributed by atoms with E-state index >= 15 is 0 Å². The molecule has 1 fully saturated rings. The number of phenolic OH excluding ortho intramolecular Hbond substituents is 1. The molecule has 0 unspecified atom stereocenters. The number of para-hydroxylation sites is 1. The number of ether oxygens (including phenoxy) is 1. The molecule has 0 radical (unpaired) electrons. The van der Waals surface area contributed by atoms with Crippen LogP contribution < -0.4 is 10.6 Å². The Hall–Kier alpha value is -2.69. The second-order valence-corrected chi connectivity index (χ2v) is 6.94. The molecule has 0 atom stereocenters. The van der Waals surface area contributed by atoms with Crippen molar-refractivity contribution in [1.82, 2.24) is 0 Å². The number of hydrogen-bond donors (Lipinski definition) is 3. The number of benzene rings is 2. The maximum atomic E-state index is 12.1. The zero-order valence-electron chi connectivity index (χ0n) is 15.8. The summed E-state index contributed by atoms with van der Waals surface area (Å²) in [6, 6.07) is 13.3. The van der Waals surface area contributed by atoms with Gasteiger partial charge in [-0.1, -0.05) is 37.5 Å². The van der Waals surface area contributed by atoms with Crippen LogP contribution in [0.1, 0.15) is 54.9 Å². The van der Waals surface area contributed by atoms with Crippen molar-refractivity contribution in [3.63, 3.8) is 0 Å². The summed E-state index contributed by atoms with van der Waals surface area (Å²) in [5.41, 5.74) is 3.15. The van der Waals surface area contributed by atoms with Gasteiger partial charge in [0.1, 0.15) is 5.75 Å². The molecular formula is C22H28N2O3. The van der Waals surface area contributed by atoms with Crippen LogP contribution in [0.15, 0.2) is 42.5 Å². The van der Waals surface area contributed by atoms with E-state index in [0.717, 1.165) is 16.9 Å². The van der Waals surface area contributed by atoms with E-state index in [-0.39, 0.29) is 11.7 Å². The third kappa shape index (κ3) is 5.16. The van der Waals surface area contributed by atoms with E-state index in [9.17, 15) is 9.90 Å². The van der Waals surface area contributed by atoms with E-state index in [0.29, 0.717) is 24.8 Å². The topological polar surface area (TPSA) is 70.6 Å². The lowest BCUT2D eigenvalue weighted by Gasteiger charge is -2.25. The molecule has 0 aromatic heterocycles. The molecule has 5 heteroatoms. The van der Waals surface area contributed by atoms with Gasteiger partial charge >= 0.3 is 5.97 Å². The summed E-state index contributed by atoms with van der Waals surface area (Å²) in [4.78, 5) is 12.1. The van der Waals surface area contributed by atoms with E-state index in [1.165, 1.54) is 32.1 Å². The molecule has 0 aliphatic heterocycles. The van der Waals surface area contributed by atoms with Crippen molar-refractivity contribution in [2.75, 3.05) is 17.2 Å². The van der Waals surface area contributed by atoms with Gasteiger partial charge in [0, 0.05) is 18.2 Å². The molecule has 1 saturated carbocycles. The molecule has 5 nitrogen and oxygen atoms in total. The number of rotatable bonds is 7. The highest BCUT2D eigenvalue weighted by Crippen LogP contribution is 2.29. The standard InChI is InChI=1S/C22H28N2O3/c1-2-27-22(26)16-12-13-19(24-18-9-4-3-5-10-18)20(14-16)23-15-17-8-6-7-11-21(17)25/h6-8,11-14,18,23-25H,2-5,9-10,15H2,1H3. The summed E-state index contributed by atoms with van der Waals surface area (Å²) in [7, 11) is 0. The first-order valence-electron chi connectivity index (χ1n) is 9.76. The van der Waals surface area contributed by atoms with Crippen LogP contribution in [0.25, 0.3) is 0 Å². The Morgan fingerprint density at radius 3 is 2.63 bits per heavy atom. The van der Waals surface area contributed by atoms with E-state index in [4.69, 9.17) is 4.74 Å². The summed E-state index contributed by atoms with van der Waals surface area (Å²) < 4.78 is 5.13. The lowest BCUT2D eigenvalue weighted by Crippen LogP contribution is -2.23.